The van der Waals surface area contributed by atoms with E-state index < -0.39 is 0 Å². The third kappa shape index (κ3) is 2.49. The second-order valence-corrected chi connectivity index (χ2v) is 3.97. The van der Waals surface area contributed by atoms with Crippen molar-refractivity contribution >= 4 is 27.3 Å². The first kappa shape index (κ1) is 10.1. The van der Waals surface area contributed by atoms with Gasteiger partial charge in [0.1, 0.15) is 0 Å². The average Bonchev–Trinajstić information content (AvgIpc) is 2.04. The lowest BCUT2D eigenvalue weighted by Gasteiger charge is -2.08. The molecule has 0 amide bonds. The highest BCUT2D eigenvalue weighted by Gasteiger charge is 2.01. The van der Waals surface area contributed by atoms with Crippen molar-refractivity contribution in [1.29, 1.82) is 0 Å². The van der Waals surface area contributed by atoms with E-state index in [0.717, 1.165) is 21.4 Å². The zero-order valence-corrected chi connectivity index (χ0v) is 9.35. The molecule has 0 spiro atoms. The Morgan fingerprint density at radius 1 is 1.46 bits per heavy atom. The molecule has 0 atom stereocenters. The third-order valence-corrected chi connectivity index (χ3v) is 2.17. The first-order valence-electron chi connectivity index (χ1n) is 4.05. The van der Waals surface area contributed by atoms with Crippen LogP contribution in [0.5, 0.6) is 0 Å². The zero-order valence-electron chi connectivity index (χ0n) is 7.76. The smallest absolute Gasteiger partial charge is 0.0511 e. The maximum Gasteiger partial charge on any atom is 0.0511 e. The van der Waals surface area contributed by atoms with E-state index in [4.69, 9.17) is 5.73 Å². The topological polar surface area (TPSA) is 38.0 Å². The second kappa shape index (κ2) is 4.33. The van der Waals surface area contributed by atoms with Gasteiger partial charge in [0.15, 0.2) is 0 Å². The predicted molar refractivity (Wildman–Crippen MR) is 61.4 cm³/mol. The molecule has 1 rings (SSSR count). The van der Waals surface area contributed by atoms with Crippen molar-refractivity contribution in [1.82, 2.24) is 5.32 Å². The van der Waals surface area contributed by atoms with Crippen LogP contribution in [0.15, 0.2) is 28.7 Å². The number of nitrogens with one attached hydrogen (secondary N) is 1. The van der Waals surface area contributed by atoms with Crippen molar-refractivity contribution < 1.29 is 0 Å². The molecular formula is C10H13BrN2. The number of nitrogens with two attached hydrogens (primary N) is 1. The van der Waals surface area contributed by atoms with Crippen LogP contribution < -0.4 is 11.1 Å². The van der Waals surface area contributed by atoms with E-state index in [9.17, 15) is 0 Å². The van der Waals surface area contributed by atoms with E-state index in [0.29, 0.717) is 0 Å². The summed E-state index contributed by atoms with van der Waals surface area (Å²) in [4.78, 5) is 0. The summed E-state index contributed by atoms with van der Waals surface area (Å²) in [5.41, 5.74) is 8.62. The van der Waals surface area contributed by atoms with Gasteiger partial charge in [-0.25, -0.2) is 0 Å². The van der Waals surface area contributed by atoms with E-state index in [1.165, 1.54) is 0 Å². The van der Waals surface area contributed by atoms with Crippen LogP contribution in [0.25, 0.3) is 5.70 Å². The Bertz CT molecular complexity index is 327. The van der Waals surface area contributed by atoms with E-state index >= 15 is 0 Å². The highest BCUT2D eigenvalue weighted by atomic mass is 79.9. The fourth-order valence-corrected chi connectivity index (χ4v) is 1.64. The standard InChI is InChI=1S/C10H13BrN2/c1-7(11)10(13-2)8-4-3-5-9(12)6-8/h3-6,13H,12H2,1-2H3/b10-7+. The minimum absolute atomic E-state index is 0.777. The van der Waals surface area contributed by atoms with E-state index in [1.54, 1.807) is 0 Å². The molecule has 0 heterocycles. The Morgan fingerprint density at radius 3 is 2.62 bits per heavy atom. The Kier molecular flexibility index (Phi) is 3.37. The zero-order chi connectivity index (χ0) is 9.84. The number of anilines is 1. The second-order valence-electron chi connectivity index (χ2n) is 2.78. The van der Waals surface area contributed by atoms with Gasteiger partial charge < -0.3 is 11.1 Å². The summed E-state index contributed by atoms with van der Waals surface area (Å²) in [5.74, 6) is 0. The fourth-order valence-electron chi connectivity index (χ4n) is 1.21. The number of allylic oxidation sites excluding steroid dienone is 1. The molecule has 3 N–H and O–H groups in total. The van der Waals surface area contributed by atoms with Crippen molar-refractivity contribution in [2.24, 2.45) is 0 Å². The first-order valence-corrected chi connectivity index (χ1v) is 4.84. The van der Waals surface area contributed by atoms with Crippen LogP contribution in [-0.2, 0) is 0 Å². The summed E-state index contributed by atoms with van der Waals surface area (Å²) in [6.45, 7) is 2.00. The van der Waals surface area contributed by atoms with Gasteiger partial charge in [-0.3, -0.25) is 0 Å². The molecule has 0 aliphatic rings. The largest absolute Gasteiger partial charge is 0.399 e. The molecular weight excluding hydrogens is 228 g/mol. The van der Waals surface area contributed by atoms with Crippen molar-refractivity contribution in [3.8, 4) is 0 Å². The molecule has 0 saturated carbocycles. The Labute approximate surface area is 87.0 Å². The van der Waals surface area contributed by atoms with Crippen molar-refractivity contribution in [3.05, 3.63) is 34.3 Å². The van der Waals surface area contributed by atoms with E-state index in [-0.39, 0.29) is 0 Å². The van der Waals surface area contributed by atoms with Gasteiger partial charge in [-0.15, -0.1) is 0 Å². The van der Waals surface area contributed by atoms with Gasteiger partial charge in [0.2, 0.25) is 0 Å². The van der Waals surface area contributed by atoms with Gasteiger partial charge in [0, 0.05) is 22.8 Å². The van der Waals surface area contributed by atoms with E-state index in [1.807, 2.05) is 38.2 Å². The molecule has 13 heavy (non-hydrogen) atoms. The van der Waals surface area contributed by atoms with Crippen molar-refractivity contribution in [2.45, 2.75) is 6.92 Å². The maximum absolute atomic E-state index is 5.69. The number of halogens is 1. The fraction of sp³-hybridized carbons (Fsp3) is 0.200. The SMILES string of the molecule is CN/C(=C(\C)Br)c1cccc(N)c1. The molecule has 0 radical (unpaired) electrons. The van der Waals surface area contributed by atoms with Gasteiger partial charge in [-0.05, 0) is 19.1 Å². The van der Waals surface area contributed by atoms with Crippen LogP contribution in [0, 0.1) is 0 Å². The summed E-state index contributed by atoms with van der Waals surface area (Å²) < 4.78 is 1.07. The van der Waals surface area contributed by atoms with Gasteiger partial charge in [-0.1, -0.05) is 28.1 Å². The lowest BCUT2D eigenvalue weighted by atomic mass is 10.1. The number of hydrogen-bond acceptors (Lipinski definition) is 2. The van der Waals surface area contributed by atoms with Crippen molar-refractivity contribution in [3.63, 3.8) is 0 Å². The van der Waals surface area contributed by atoms with E-state index in [2.05, 4.69) is 21.2 Å². The number of benzene rings is 1. The van der Waals surface area contributed by atoms with Crippen LogP contribution in [0.2, 0.25) is 0 Å². The summed E-state index contributed by atoms with van der Waals surface area (Å²) >= 11 is 3.44. The highest BCUT2D eigenvalue weighted by molar-refractivity contribution is 9.11. The normalized spacial score (nSPS) is 12.2. The molecule has 70 valence electrons. The number of nitrogen functional groups attached to an aromatic ring is 1. The Balaban J connectivity index is 3.14. The average molecular weight is 241 g/mol. The minimum Gasteiger partial charge on any atom is -0.399 e. The molecule has 3 heteroatoms. The Morgan fingerprint density at radius 2 is 2.15 bits per heavy atom. The minimum atomic E-state index is 0.777. The molecule has 1 aromatic carbocycles. The molecule has 0 aliphatic heterocycles. The lowest BCUT2D eigenvalue weighted by molar-refractivity contribution is 1.12. The number of rotatable bonds is 2. The van der Waals surface area contributed by atoms with Gasteiger partial charge in [0.25, 0.3) is 0 Å². The Hall–Kier alpha value is -0.960. The molecule has 1 aromatic rings. The van der Waals surface area contributed by atoms with Crippen LogP contribution in [0.1, 0.15) is 12.5 Å². The molecule has 0 bridgehead atoms. The molecule has 0 aromatic heterocycles. The summed E-state index contributed by atoms with van der Waals surface area (Å²) in [6, 6.07) is 7.78. The van der Waals surface area contributed by atoms with Crippen molar-refractivity contribution in [2.75, 3.05) is 12.8 Å². The lowest BCUT2D eigenvalue weighted by Crippen LogP contribution is -2.05. The monoisotopic (exact) mass is 240 g/mol. The first-order chi connectivity index (χ1) is 6.15. The highest BCUT2D eigenvalue weighted by Crippen LogP contribution is 2.20. The van der Waals surface area contributed by atoms with Crippen LogP contribution >= 0.6 is 15.9 Å². The van der Waals surface area contributed by atoms with Crippen LogP contribution in [0.3, 0.4) is 0 Å². The molecule has 2 nitrogen and oxygen atoms in total. The maximum atomic E-state index is 5.69. The quantitative estimate of drug-likeness (QED) is 0.781. The molecule has 0 saturated heterocycles. The molecule has 0 fully saturated rings. The number of hydrogen-bond donors (Lipinski definition) is 2. The molecule has 0 unspecified atom stereocenters. The van der Waals surface area contributed by atoms with Crippen LogP contribution in [-0.4, -0.2) is 7.05 Å². The third-order valence-electron chi connectivity index (χ3n) is 1.77. The van der Waals surface area contributed by atoms with Gasteiger partial charge in [0.05, 0.1) is 5.70 Å². The van der Waals surface area contributed by atoms with Gasteiger partial charge >= 0.3 is 0 Å². The van der Waals surface area contributed by atoms with Crippen LogP contribution in [0.4, 0.5) is 5.69 Å². The summed E-state index contributed by atoms with van der Waals surface area (Å²) in [5, 5.41) is 3.12. The summed E-state index contributed by atoms with van der Waals surface area (Å²) in [7, 11) is 1.89. The summed E-state index contributed by atoms with van der Waals surface area (Å²) in [6.07, 6.45) is 0. The predicted octanol–water partition coefficient (Wildman–Crippen LogP) is 2.57. The van der Waals surface area contributed by atoms with Gasteiger partial charge in [-0.2, -0.15) is 0 Å². The molecule has 0 aliphatic carbocycles.